The van der Waals surface area contributed by atoms with Gasteiger partial charge in [0.15, 0.2) is 6.10 Å². The molecule has 0 saturated carbocycles. The first kappa shape index (κ1) is 13.2. The number of hydrogen-bond donors (Lipinski definition) is 2. The number of anilines is 1. The predicted octanol–water partition coefficient (Wildman–Crippen LogP) is 2.97. The number of imidazole rings is 1. The number of benzene rings is 2. The Balaban J connectivity index is 1.68. The quantitative estimate of drug-likeness (QED) is 0.772. The summed E-state index contributed by atoms with van der Waals surface area (Å²) in [5.74, 6) is 0.826. The molecule has 0 fully saturated rings. The molecule has 0 spiro atoms. The van der Waals surface area contributed by atoms with Gasteiger partial charge in [-0.25, -0.2) is 4.98 Å². The molecular formula is C16H15N3O2. The van der Waals surface area contributed by atoms with Gasteiger partial charge in [0.2, 0.25) is 5.95 Å². The smallest absolute Gasteiger partial charge is 0.267 e. The van der Waals surface area contributed by atoms with E-state index in [-0.39, 0.29) is 5.91 Å². The van der Waals surface area contributed by atoms with Crippen LogP contribution in [0.1, 0.15) is 6.92 Å². The van der Waals surface area contributed by atoms with Gasteiger partial charge in [0, 0.05) is 0 Å². The van der Waals surface area contributed by atoms with Crippen LogP contribution >= 0.6 is 0 Å². The number of nitrogens with one attached hydrogen (secondary N) is 2. The molecule has 2 N–H and O–H groups in total. The highest BCUT2D eigenvalue weighted by molar-refractivity contribution is 5.94. The summed E-state index contributed by atoms with van der Waals surface area (Å²) in [4.78, 5) is 19.4. The number of amides is 1. The molecule has 0 aliphatic rings. The van der Waals surface area contributed by atoms with Crippen molar-refractivity contribution in [2.75, 3.05) is 5.32 Å². The van der Waals surface area contributed by atoms with E-state index in [1.165, 1.54) is 0 Å². The molecule has 1 atom stereocenters. The van der Waals surface area contributed by atoms with Crippen LogP contribution in [0, 0.1) is 0 Å². The molecule has 0 saturated heterocycles. The number of H-pyrrole nitrogens is 1. The van der Waals surface area contributed by atoms with Crippen LogP contribution in [0.25, 0.3) is 11.0 Å². The lowest BCUT2D eigenvalue weighted by atomic mass is 10.3. The lowest BCUT2D eigenvalue weighted by molar-refractivity contribution is -0.122. The molecule has 0 aliphatic heterocycles. The Morgan fingerprint density at radius 3 is 2.62 bits per heavy atom. The van der Waals surface area contributed by atoms with E-state index in [0.29, 0.717) is 11.7 Å². The van der Waals surface area contributed by atoms with Crippen molar-refractivity contribution in [2.45, 2.75) is 13.0 Å². The van der Waals surface area contributed by atoms with E-state index in [0.717, 1.165) is 11.0 Å². The molecule has 5 nitrogen and oxygen atoms in total. The molecule has 0 unspecified atom stereocenters. The number of aromatic amines is 1. The second-order valence-corrected chi connectivity index (χ2v) is 4.66. The van der Waals surface area contributed by atoms with Gasteiger partial charge < -0.3 is 9.72 Å². The lowest BCUT2D eigenvalue weighted by Crippen LogP contribution is -2.30. The number of rotatable bonds is 4. The van der Waals surface area contributed by atoms with Crippen molar-refractivity contribution in [1.82, 2.24) is 9.97 Å². The van der Waals surface area contributed by atoms with E-state index in [4.69, 9.17) is 4.74 Å². The average molecular weight is 281 g/mol. The van der Waals surface area contributed by atoms with Gasteiger partial charge in [-0.05, 0) is 31.2 Å². The van der Waals surface area contributed by atoms with E-state index in [9.17, 15) is 4.79 Å². The molecule has 106 valence electrons. The number of ether oxygens (including phenoxy) is 1. The zero-order valence-electron chi connectivity index (χ0n) is 11.5. The van der Waals surface area contributed by atoms with Crippen LogP contribution in [0.15, 0.2) is 54.6 Å². The van der Waals surface area contributed by atoms with Crippen LogP contribution in [0.5, 0.6) is 5.75 Å². The van der Waals surface area contributed by atoms with Crippen molar-refractivity contribution in [2.24, 2.45) is 0 Å². The van der Waals surface area contributed by atoms with Crippen molar-refractivity contribution in [1.29, 1.82) is 0 Å². The van der Waals surface area contributed by atoms with Gasteiger partial charge in [0.05, 0.1) is 11.0 Å². The predicted molar refractivity (Wildman–Crippen MR) is 81.3 cm³/mol. The number of aromatic nitrogens is 2. The molecule has 1 heterocycles. The number of fused-ring (bicyclic) bond motifs is 1. The summed E-state index contributed by atoms with van der Waals surface area (Å²) >= 11 is 0. The number of carbonyl (C=O) groups is 1. The minimum absolute atomic E-state index is 0.252. The molecule has 2 aromatic carbocycles. The second kappa shape index (κ2) is 5.66. The van der Waals surface area contributed by atoms with Crippen LogP contribution in [0.2, 0.25) is 0 Å². The van der Waals surface area contributed by atoms with Crippen LogP contribution in [0.4, 0.5) is 5.95 Å². The summed E-state index contributed by atoms with van der Waals surface area (Å²) in [5.41, 5.74) is 1.69. The normalized spacial score (nSPS) is 12.0. The molecule has 0 radical (unpaired) electrons. The molecule has 5 heteroatoms. The summed E-state index contributed by atoms with van der Waals surface area (Å²) in [6.07, 6.45) is -0.611. The average Bonchev–Trinajstić information content (AvgIpc) is 2.90. The summed E-state index contributed by atoms with van der Waals surface area (Å²) in [6.45, 7) is 1.70. The topological polar surface area (TPSA) is 67.0 Å². The Kier molecular flexibility index (Phi) is 3.55. The molecular weight excluding hydrogens is 266 g/mol. The van der Waals surface area contributed by atoms with Gasteiger partial charge in [0.1, 0.15) is 5.75 Å². The number of hydrogen-bond acceptors (Lipinski definition) is 3. The van der Waals surface area contributed by atoms with Crippen molar-refractivity contribution in [3.8, 4) is 5.75 Å². The zero-order valence-corrected chi connectivity index (χ0v) is 11.5. The highest BCUT2D eigenvalue weighted by Gasteiger charge is 2.16. The van der Waals surface area contributed by atoms with Crippen molar-refractivity contribution in [3.05, 3.63) is 54.6 Å². The maximum absolute atomic E-state index is 12.1. The van der Waals surface area contributed by atoms with Gasteiger partial charge in [-0.3, -0.25) is 10.1 Å². The van der Waals surface area contributed by atoms with E-state index >= 15 is 0 Å². The number of nitrogens with zero attached hydrogens (tertiary/aromatic N) is 1. The highest BCUT2D eigenvalue weighted by atomic mass is 16.5. The lowest BCUT2D eigenvalue weighted by Gasteiger charge is -2.13. The Labute approximate surface area is 122 Å². The van der Waals surface area contributed by atoms with Crippen molar-refractivity contribution >= 4 is 22.9 Å². The first-order valence-corrected chi connectivity index (χ1v) is 6.70. The van der Waals surface area contributed by atoms with Crippen LogP contribution in [-0.4, -0.2) is 22.0 Å². The molecule has 1 aromatic heterocycles. The van der Waals surface area contributed by atoms with Gasteiger partial charge in [-0.15, -0.1) is 0 Å². The van der Waals surface area contributed by atoms with Gasteiger partial charge >= 0.3 is 0 Å². The fraction of sp³-hybridized carbons (Fsp3) is 0.125. The van der Waals surface area contributed by atoms with Gasteiger partial charge in [0.25, 0.3) is 5.91 Å². The van der Waals surface area contributed by atoms with Gasteiger partial charge in [-0.2, -0.15) is 0 Å². The highest BCUT2D eigenvalue weighted by Crippen LogP contribution is 2.15. The first-order chi connectivity index (χ1) is 10.2. The number of carbonyl (C=O) groups excluding carboxylic acids is 1. The maximum Gasteiger partial charge on any atom is 0.267 e. The third-order valence-corrected chi connectivity index (χ3v) is 3.06. The van der Waals surface area contributed by atoms with Crippen LogP contribution < -0.4 is 10.1 Å². The van der Waals surface area contributed by atoms with E-state index in [2.05, 4.69) is 15.3 Å². The third kappa shape index (κ3) is 3.02. The Bertz CT molecular complexity index is 719. The molecule has 3 aromatic rings. The van der Waals surface area contributed by atoms with E-state index in [1.54, 1.807) is 6.92 Å². The number of para-hydroxylation sites is 3. The standard InChI is InChI=1S/C16H15N3O2/c1-11(21-12-7-3-2-4-8-12)15(20)19-16-17-13-9-5-6-10-14(13)18-16/h2-11H,1H3,(H2,17,18,19,20)/t11-/m0/s1. The second-order valence-electron chi connectivity index (χ2n) is 4.66. The van der Waals surface area contributed by atoms with E-state index < -0.39 is 6.10 Å². The Morgan fingerprint density at radius 2 is 1.86 bits per heavy atom. The van der Waals surface area contributed by atoms with E-state index in [1.807, 2.05) is 54.6 Å². The third-order valence-electron chi connectivity index (χ3n) is 3.06. The Morgan fingerprint density at radius 1 is 1.14 bits per heavy atom. The molecule has 1 amide bonds. The monoisotopic (exact) mass is 281 g/mol. The fourth-order valence-electron chi connectivity index (χ4n) is 1.99. The summed E-state index contributed by atoms with van der Waals surface area (Å²) < 4.78 is 5.57. The Hall–Kier alpha value is -2.82. The largest absolute Gasteiger partial charge is 0.481 e. The zero-order chi connectivity index (χ0) is 14.7. The molecule has 3 rings (SSSR count). The summed E-state index contributed by atoms with van der Waals surface area (Å²) in [6, 6.07) is 16.8. The first-order valence-electron chi connectivity index (χ1n) is 6.70. The SMILES string of the molecule is C[C@H](Oc1ccccc1)C(=O)Nc1nc2ccccc2[nH]1. The minimum Gasteiger partial charge on any atom is -0.481 e. The molecule has 0 bridgehead atoms. The summed E-state index contributed by atoms with van der Waals surface area (Å²) in [7, 11) is 0. The summed E-state index contributed by atoms with van der Waals surface area (Å²) in [5, 5.41) is 2.72. The molecule has 21 heavy (non-hydrogen) atoms. The van der Waals surface area contributed by atoms with Gasteiger partial charge in [-0.1, -0.05) is 30.3 Å². The fourth-order valence-corrected chi connectivity index (χ4v) is 1.99. The van der Waals surface area contributed by atoms with Crippen molar-refractivity contribution in [3.63, 3.8) is 0 Å². The molecule has 0 aliphatic carbocycles. The van der Waals surface area contributed by atoms with Crippen molar-refractivity contribution < 1.29 is 9.53 Å². The van der Waals surface area contributed by atoms with Crippen LogP contribution in [-0.2, 0) is 4.79 Å². The minimum atomic E-state index is -0.611. The van der Waals surface area contributed by atoms with Crippen LogP contribution in [0.3, 0.4) is 0 Å². The maximum atomic E-state index is 12.1.